The van der Waals surface area contributed by atoms with Crippen LogP contribution in [0.1, 0.15) is 37.6 Å². The minimum Gasteiger partial charge on any atom is -0.339 e. The summed E-state index contributed by atoms with van der Waals surface area (Å²) in [4.78, 5) is 36.0. The molecule has 2 atom stereocenters. The van der Waals surface area contributed by atoms with E-state index in [1.54, 1.807) is 11.8 Å². The fourth-order valence-electron chi connectivity index (χ4n) is 5.04. The van der Waals surface area contributed by atoms with E-state index in [0.717, 1.165) is 63.3 Å². The highest BCUT2D eigenvalue weighted by atomic mass is 32.2. The van der Waals surface area contributed by atoms with Crippen LogP contribution in [0.2, 0.25) is 0 Å². The first-order chi connectivity index (χ1) is 15.9. The summed E-state index contributed by atoms with van der Waals surface area (Å²) >= 11 is 1.76. The number of aryl methyl sites for hydroxylation is 2. The Bertz CT molecular complexity index is 1020. The second-order valence-corrected chi connectivity index (χ2v) is 10.9. The number of rotatable bonds is 6. The molecular weight excluding hydrogens is 438 g/mol. The summed E-state index contributed by atoms with van der Waals surface area (Å²) in [7, 11) is 0. The van der Waals surface area contributed by atoms with Crippen molar-refractivity contribution in [3.05, 3.63) is 35.7 Å². The molecular formula is C24H31N5O3S. The Kier molecular flexibility index (Phi) is 6.18. The molecule has 2 amide bonds. The van der Waals surface area contributed by atoms with Gasteiger partial charge in [0.15, 0.2) is 0 Å². The van der Waals surface area contributed by atoms with Gasteiger partial charge in [-0.15, -0.1) is 11.8 Å². The van der Waals surface area contributed by atoms with E-state index >= 15 is 0 Å². The van der Waals surface area contributed by atoms with Crippen LogP contribution in [0.25, 0.3) is 11.4 Å². The van der Waals surface area contributed by atoms with Crippen LogP contribution in [0.5, 0.6) is 0 Å². The molecule has 2 aromatic rings. The predicted octanol–water partition coefficient (Wildman–Crippen LogP) is 2.58. The van der Waals surface area contributed by atoms with Crippen LogP contribution in [-0.4, -0.2) is 86.0 Å². The molecule has 9 heteroatoms. The van der Waals surface area contributed by atoms with Crippen LogP contribution in [0.15, 0.2) is 28.8 Å². The Labute approximate surface area is 198 Å². The van der Waals surface area contributed by atoms with Crippen molar-refractivity contribution in [3.63, 3.8) is 0 Å². The molecule has 0 aliphatic carbocycles. The number of amides is 2. The van der Waals surface area contributed by atoms with Gasteiger partial charge in [0.1, 0.15) is 6.04 Å². The van der Waals surface area contributed by atoms with Crippen LogP contribution < -0.4 is 0 Å². The highest BCUT2D eigenvalue weighted by Crippen LogP contribution is 2.47. The van der Waals surface area contributed by atoms with Crippen molar-refractivity contribution in [2.45, 2.75) is 50.4 Å². The van der Waals surface area contributed by atoms with Gasteiger partial charge in [-0.25, -0.2) is 0 Å². The Morgan fingerprint density at radius 2 is 1.97 bits per heavy atom. The number of fused-ring (bicyclic) bond motifs is 1. The monoisotopic (exact) mass is 469 g/mol. The first-order valence-corrected chi connectivity index (χ1v) is 12.8. The highest BCUT2D eigenvalue weighted by molar-refractivity contribution is 8.01. The van der Waals surface area contributed by atoms with E-state index in [-0.39, 0.29) is 22.7 Å². The van der Waals surface area contributed by atoms with Crippen molar-refractivity contribution < 1.29 is 14.1 Å². The molecule has 3 saturated heterocycles. The Morgan fingerprint density at radius 1 is 1.21 bits per heavy atom. The van der Waals surface area contributed by atoms with Gasteiger partial charge in [0, 0.05) is 50.3 Å². The molecule has 4 heterocycles. The number of carbonyl (C=O) groups excluding carboxylic acids is 2. The van der Waals surface area contributed by atoms with E-state index in [1.165, 1.54) is 5.56 Å². The Balaban J connectivity index is 1.07. The quantitative estimate of drug-likeness (QED) is 0.643. The molecule has 2 unspecified atom stereocenters. The van der Waals surface area contributed by atoms with Crippen LogP contribution in [0.4, 0.5) is 0 Å². The molecule has 33 heavy (non-hydrogen) atoms. The van der Waals surface area contributed by atoms with Crippen molar-refractivity contribution in [1.29, 1.82) is 0 Å². The van der Waals surface area contributed by atoms with E-state index in [9.17, 15) is 9.59 Å². The van der Waals surface area contributed by atoms with Gasteiger partial charge in [-0.05, 0) is 33.2 Å². The highest BCUT2D eigenvalue weighted by Gasteiger charge is 2.53. The summed E-state index contributed by atoms with van der Waals surface area (Å²) in [6.07, 6.45) is 3.09. The minimum absolute atomic E-state index is 0.121. The second-order valence-electron chi connectivity index (χ2n) is 9.41. The number of nitrogens with zero attached hydrogens (tertiary/aromatic N) is 5. The lowest BCUT2D eigenvalue weighted by Crippen LogP contribution is -2.56. The summed E-state index contributed by atoms with van der Waals surface area (Å²) in [6, 6.07) is 7.82. The molecule has 0 radical (unpaired) electrons. The lowest BCUT2D eigenvalue weighted by molar-refractivity contribution is -0.144. The molecule has 3 aliphatic heterocycles. The number of piperazine rings is 1. The van der Waals surface area contributed by atoms with Gasteiger partial charge in [0.25, 0.3) is 0 Å². The standard InChI is InChI=1S/C24H31N5O3S/c1-17-5-7-18(8-6-17)22-25-20(32-26-22)4-3-11-27-12-14-28(15-13-27)23(31)19-16-33-24(2)10-9-21(30)29(19)24/h5-8,19H,3-4,9-16H2,1-2H3. The lowest BCUT2D eigenvalue weighted by atomic mass is 10.1. The number of hydrogen-bond donors (Lipinski definition) is 0. The van der Waals surface area contributed by atoms with Crippen molar-refractivity contribution in [2.24, 2.45) is 0 Å². The van der Waals surface area contributed by atoms with Crippen LogP contribution in [0.3, 0.4) is 0 Å². The fraction of sp³-hybridized carbons (Fsp3) is 0.583. The average Bonchev–Trinajstić information content (AvgIpc) is 3.50. The Morgan fingerprint density at radius 3 is 2.73 bits per heavy atom. The zero-order valence-corrected chi connectivity index (χ0v) is 20.1. The summed E-state index contributed by atoms with van der Waals surface area (Å²) in [6.45, 7) is 8.24. The van der Waals surface area contributed by atoms with E-state index in [4.69, 9.17) is 4.52 Å². The molecule has 0 N–H and O–H groups in total. The zero-order chi connectivity index (χ0) is 23.0. The second kappa shape index (κ2) is 9.10. The normalized spacial score (nSPS) is 25.6. The molecule has 0 saturated carbocycles. The molecule has 1 aromatic carbocycles. The smallest absolute Gasteiger partial charge is 0.246 e. The third kappa shape index (κ3) is 4.53. The van der Waals surface area contributed by atoms with Gasteiger partial charge in [0.05, 0.1) is 4.87 Å². The third-order valence-corrected chi connectivity index (χ3v) is 8.56. The van der Waals surface area contributed by atoms with Crippen LogP contribution >= 0.6 is 11.8 Å². The van der Waals surface area contributed by atoms with E-state index in [1.807, 2.05) is 34.1 Å². The zero-order valence-electron chi connectivity index (χ0n) is 19.3. The van der Waals surface area contributed by atoms with Crippen molar-refractivity contribution in [2.75, 3.05) is 38.5 Å². The number of carbonyl (C=O) groups is 2. The van der Waals surface area contributed by atoms with Crippen molar-refractivity contribution in [3.8, 4) is 11.4 Å². The number of benzene rings is 1. The summed E-state index contributed by atoms with van der Waals surface area (Å²) < 4.78 is 5.43. The molecule has 5 rings (SSSR count). The van der Waals surface area contributed by atoms with Crippen molar-refractivity contribution in [1.82, 2.24) is 24.8 Å². The summed E-state index contributed by atoms with van der Waals surface area (Å²) in [5, 5.41) is 4.11. The maximum Gasteiger partial charge on any atom is 0.246 e. The van der Waals surface area contributed by atoms with Gasteiger partial charge in [-0.3, -0.25) is 14.5 Å². The number of aromatic nitrogens is 2. The molecule has 0 spiro atoms. The van der Waals surface area contributed by atoms with Gasteiger partial charge in [-0.1, -0.05) is 35.0 Å². The fourth-order valence-corrected chi connectivity index (χ4v) is 6.46. The van der Waals surface area contributed by atoms with Crippen LogP contribution in [-0.2, 0) is 16.0 Å². The SMILES string of the molecule is Cc1ccc(-c2noc(CCCN3CCN(C(=O)C4CSC5(C)CCC(=O)N45)CC3)n2)cc1. The Hall–Kier alpha value is -2.39. The van der Waals surface area contributed by atoms with Gasteiger partial charge < -0.3 is 14.3 Å². The summed E-state index contributed by atoms with van der Waals surface area (Å²) in [5.41, 5.74) is 2.17. The van der Waals surface area contributed by atoms with Crippen LogP contribution in [0, 0.1) is 6.92 Å². The predicted molar refractivity (Wildman–Crippen MR) is 127 cm³/mol. The van der Waals surface area contributed by atoms with E-state index in [2.05, 4.69) is 28.9 Å². The molecule has 8 nitrogen and oxygen atoms in total. The largest absolute Gasteiger partial charge is 0.339 e. The van der Waals surface area contributed by atoms with E-state index in [0.29, 0.717) is 18.1 Å². The van der Waals surface area contributed by atoms with Gasteiger partial charge >= 0.3 is 0 Å². The first kappa shape index (κ1) is 22.4. The average molecular weight is 470 g/mol. The van der Waals surface area contributed by atoms with E-state index < -0.39 is 0 Å². The number of thioether (sulfide) groups is 1. The molecule has 3 fully saturated rings. The van der Waals surface area contributed by atoms with Gasteiger partial charge in [-0.2, -0.15) is 4.98 Å². The molecule has 176 valence electrons. The molecule has 3 aliphatic rings. The maximum absolute atomic E-state index is 13.1. The summed E-state index contributed by atoms with van der Waals surface area (Å²) in [5.74, 6) is 2.27. The third-order valence-electron chi connectivity index (χ3n) is 7.06. The topological polar surface area (TPSA) is 82.8 Å². The maximum atomic E-state index is 13.1. The number of hydrogen-bond acceptors (Lipinski definition) is 7. The van der Waals surface area contributed by atoms with Gasteiger partial charge in [0.2, 0.25) is 23.5 Å². The molecule has 1 aromatic heterocycles. The molecule has 0 bridgehead atoms. The lowest BCUT2D eigenvalue weighted by Gasteiger charge is -2.38. The minimum atomic E-state index is -0.290. The van der Waals surface area contributed by atoms with Crippen molar-refractivity contribution >= 4 is 23.6 Å². The first-order valence-electron chi connectivity index (χ1n) is 11.8.